The molecule has 0 aromatic carbocycles. The summed E-state index contributed by atoms with van der Waals surface area (Å²) >= 11 is 0. The largest absolute Gasteiger partial charge is 0.475 e. The van der Waals surface area contributed by atoms with E-state index >= 15 is 0 Å². The predicted molar refractivity (Wildman–Crippen MR) is 51.0 cm³/mol. The summed E-state index contributed by atoms with van der Waals surface area (Å²) in [5.41, 5.74) is 1.24. The van der Waals surface area contributed by atoms with Crippen LogP contribution < -0.4 is 4.74 Å². The molecule has 0 unspecified atom stereocenters. The molecule has 1 aromatic rings. The molecule has 13 heavy (non-hydrogen) atoms. The Labute approximate surface area is 78.7 Å². The molecule has 1 aromatic heterocycles. The lowest BCUT2D eigenvalue weighted by molar-refractivity contribution is 0.143. The van der Waals surface area contributed by atoms with Crippen molar-refractivity contribution in [1.29, 1.82) is 0 Å². The second-order valence-corrected chi connectivity index (χ2v) is 2.70. The van der Waals surface area contributed by atoms with Gasteiger partial charge in [0.25, 0.3) is 0 Å². The van der Waals surface area contributed by atoms with Gasteiger partial charge in [-0.05, 0) is 18.1 Å². The Bertz CT molecular complexity index is 250. The van der Waals surface area contributed by atoms with E-state index in [0.717, 1.165) is 6.42 Å². The molecule has 0 aliphatic heterocycles. The topological polar surface area (TPSA) is 31.4 Å². The van der Waals surface area contributed by atoms with Gasteiger partial charge in [0, 0.05) is 19.4 Å². The Hall–Kier alpha value is -1.09. The summed E-state index contributed by atoms with van der Waals surface area (Å²) in [6.07, 6.45) is 2.77. The highest BCUT2D eigenvalue weighted by Crippen LogP contribution is 2.09. The molecule has 3 heteroatoms. The number of pyridine rings is 1. The van der Waals surface area contributed by atoms with Gasteiger partial charge >= 0.3 is 0 Å². The summed E-state index contributed by atoms with van der Waals surface area (Å²) in [6, 6.07) is 3.94. The zero-order valence-electron chi connectivity index (χ0n) is 8.12. The van der Waals surface area contributed by atoms with Crippen LogP contribution in [0.15, 0.2) is 18.3 Å². The second kappa shape index (κ2) is 5.54. The summed E-state index contributed by atoms with van der Waals surface area (Å²) in [7, 11) is 1.65. The van der Waals surface area contributed by atoms with E-state index in [4.69, 9.17) is 9.47 Å². The Morgan fingerprint density at radius 1 is 1.38 bits per heavy atom. The van der Waals surface area contributed by atoms with Crippen LogP contribution in [-0.4, -0.2) is 25.3 Å². The summed E-state index contributed by atoms with van der Waals surface area (Å²) < 4.78 is 10.2. The van der Waals surface area contributed by atoms with Gasteiger partial charge in [-0.2, -0.15) is 0 Å². The molecule has 0 radical (unpaired) electrons. The van der Waals surface area contributed by atoms with E-state index in [1.165, 1.54) is 5.56 Å². The Morgan fingerprint density at radius 2 is 2.23 bits per heavy atom. The van der Waals surface area contributed by atoms with Crippen molar-refractivity contribution in [2.24, 2.45) is 0 Å². The van der Waals surface area contributed by atoms with Crippen LogP contribution in [-0.2, 0) is 11.2 Å². The molecule has 0 aliphatic rings. The minimum atomic E-state index is 0.552. The Morgan fingerprint density at radius 3 is 2.92 bits per heavy atom. The third-order valence-corrected chi connectivity index (χ3v) is 1.74. The summed E-state index contributed by atoms with van der Waals surface area (Å²) in [5, 5.41) is 0. The van der Waals surface area contributed by atoms with Crippen LogP contribution in [0.2, 0.25) is 0 Å². The standard InChI is InChI=1S/C10H15NO2/c1-3-9-4-5-11-10(8-9)13-7-6-12-2/h4-5,8H,3,6-7H2,1-2H3. The first kappa shape index (κ1) is 9.99. The highest BCUT2D eigenvalue weighted by molar-refractivity contribution is 5.20. The van der Waals surface area contributed by atoms with Crippen molar-refractivity contribution in [2.75, 3.05) is 20.3 Å². The van der Waals surface area contributed by atoms with E-state index < -0.39 is 0 Å². The molecule has 0 N–H and O–H groups in total. The van der Waals surface area contributed by atoms with Gasteiger partial charge in [-0.1, -0.05) is 6.92 Å². The number of aryl methyl sites for hydroxylation is 1. The van der Waals surface area contributed by atoms with Crippen molar-refractivity contribution in [3.63, 3.8) is 0 Å². The third kappa shape index (κ3) is 3.42. The molecule has 72 valence electrons. The van der Waals surface area contributed by atoms with E-state index in [-0.39, 0.29) is 0 Å². The smallest absolute Gasteiger partial charge is 0.213 e. The number of aromatic nitrogens is 1. The van der Waals surface area contributed by atoms with Gasteiger partial charge in [0.05, 0.1) is 6.61 Å². The van der Waals surface area contributed by atoms with Gasteiger partial charge in [0.2, 0.25) is 5.88 Å². The molecule has 3 nitrogen and oxygen atoms in total. The van der Waals surface area contributed by atoms with Crippen LogP contribution in [0, 0.1) is 0 Å². The molecule has 0 spiro atoms. The molecular formula is C10H15NO2. The summed E-state index contributed by atoms with van der Waals surface area (Å²) in [5.74, 6) is 0.677. The SMILES string of the molecule is CCc1ccnc(OCCOC)c1. The van der Waals surface area contributed by atoms with Crippen molar-refractivity contribution in [2.45, 2.75) is 13.3 Å². The quantitative estimate of drug-likeness (QED) is 0.647. The summed E-state index contributed by atoms with van der Waals surface area (Å²) in [6.45, 7) is 3.25. The monoisotopic (exact) mass is 181 g/mol. The van der Waals surface area contributed by atoms with Crippen LogP contribution in [0.4, 0.5) is 0 Å². The van der Waals surface area contributed by atoms with Crippen LogP contribution in [0.5, 0.6) is 5.88 Å². The fraction of sp³-hybridized carbons (Fsp3) is 0.500. The number of hydrogen-bond donors (Lipinski definition) is 0. The van der Waals surface area contributed by atoms with Crippen molar-refractivity contribution in [3.05, 3.63) is 23.9 Å². The van der Waals surface area contributed by atoms with Crippen LogP contribution in [0.25, 0.3) is 0 Å². The van der Waals surface area contributed by atoms with E-state index in [1.807, 2.05) is 12.1 Å². The lowest BCUT2D eigenvalue weighted by Crippen LogP contribution is -2.05. The highest BCUT2D eigenvalue weighted by atomic mass is 16.5. The van der Waals surface area contributed by atoms with Crippen LogP contribution in [0.3, 0.4) is 0 Å². The molecule has 0 fully saturated rings. The fourth-order valence-corrected chi connectivity index (χ4v) is 0.979. The van der Waals surface area contributed by atoms with Gasteiger partial charge < -0.3 is 9.47 Å². The maximum absolute atomic E-state index is 5.35. The first-order valence-electron chi connectivity index (χ1n) is 4.43. The zero-order chi connectivity index (χ0) is 9.52. The maximum Gasteiger partial charge on any atom is 0.213 e. The van der Waals surface area contributed by atoms with Crippen molar-refractivity contribution in [1.82, 2.24) is 4.98 Å². The molecule has 0 atom stereocenters. The Kier molecular flexibility index (Phi) is 4.26. The highest BCUT2D eigenvalue weighted by Gasteiger charge is 1.95. The van der Waals surface area contributed by atoms with Gasteiger partial charge in [0.15, 0.2) is 0 Å². The molecule has 0 amide bonds. The lowest BCUT2D eigenvalue weighted by atomic mass is 10.2. The number of nitrogens with zero attached hydrogens (tertiary/aromatic N) is 1. The van der Waals surface area contributed by atoms with Gasteiger partial charge in [-0.15, -0.1) is 0 Å². The first-order valence-corrected chi connectivity index (χ1v) is 4.43. The molecule has 1 heterocycles. The van der Waals surface area contributed by atoms with Crippen molar-refractivity contribution in [3.8, 4) is 5.88 Å². The number of methoxy groups -OCH3 is 1. The normalized spacial score (nSPS) is 10.0. The fourth-order valence-electron chi connectivity index (χ4n) is 0.979. The van der Waals surface area contributed by atoms with Gasteiger partial charge in [-0.25, -0.2) is 4.98 Å². The van der Waals surface area contributed by atoms with Crippen molar-refractivity contribution < 1.29 is 9.47 Å². The van der Waals surface area contributed by atoms with Gasteiger partial charge in [-0.3, -0.25) is 0 Å². The Balaban J connectivity index is 2.46. The first-order chi connectivity index (χ1) is 6.36. The molecule has 1 rings (SSSR count). The average Bonchev–Trinajstić information content (AvgIpc) is 2.19. The minimum Gasteiger partial charge on any atom is -0.475 e. The molecule has 0 saturated carbocycles. The lowest BCUT2D eigenvalue weighted by Gasteiger charge is -2.04. The van der Waals surface area contributed by atoms with Crippen LogP contribution in [0.1, 0.15) is 12.5 Å². The van der Waals surface area contributed by atoms with E-state index in [1.54, 1.807) is 13.3 Å². The van der Waals surface area contributed by atoms with Gasteiger partial charge in [0.1, 0.15) is 6.61 Å². The minimum absolute atomic E-state index is 0.552. The number of hydrogen-bond acceptors (Lipinski definition) is 3. The zero-order valence-corrected chi connectivity index (χ0v) is 8.12. The average molecular weight is 181 g/mol. The molecular weight excluding hydrogens is 166 g/mol. The third-order valence-electron chi connectivity index (χ3n) is 1.74. The molecule has 0 saturated heterocycles. The van der Waals surface area contributed by atoms with E-state index in [2.05, 4.69) is 11.9 Å². The molecule has 0 aliphatic carbocycles. The van der Waals surface area contributed by atoms with Crippen LogP contribution >= 0.6 is 0 Å². The number of ether oxygens (including phenoxy) is 2. The van der Waals surface area contributed by atoms with E-state index in [0.29, 0.717) is 19.1 Å². The maximum atomic E-state index is 5.35. The van der Waals surface area contributed by atoms with E-state index in [9.17, 15) is 0 Å². The molecule has 0 bridgehead atoms. The second-order valence-electron chi connectivity index (χ2n) is 2.70. The predicted octanol–water partition coefficient (Wildman–Crippen LogP) is 1.67. The van der Waals surface area contributed by atoms with Crippen molar-refractivity contribution >= 4 is 0 Å². The number of rotatable bonds is 5. The summed E-state index contributed by atoms with van der Waals surface area (Å²) in [4.78, 5) is 4.08.